The molecule has 1 aliphatic heterocycles. The first-order chi connectivity index (χ1) is 14.8. The van der Waals surface area contributed by atoms with E-state index in [4.69, 9.17) is 9.47 Å². The number of rotatable bonds is 7. The van der Waals surface area contributed by atoms with Crippen LogP contribution in [0.4, 0.5) is 10.5 Å². The fourth-order valence-electron chi connectivity index (χ4n) is 2.98. The zero-order chi connectivity index (χ0) is 22.5. The Kier molecular flexibility index (Phi) is 7.02. The van der Waals surface area contributed by atoms with Crippen LogP contribution in [0, 0.1) is 13.8 Å². The van der Waals surface area contributed by atoms with Crippen molar-refractivity contribution in [1.82, 2.24) is 4.90 Å². The summed E-state index contributed by atoms with van der Waals surface area (Å²) in [5.74, 6) is 0.224. The van der Waals surface area contributed by atoms with E-state index in [1.165, 1.54) is 12.0 Å². The summed E-state index contributed by atoms with van der Waals surface area (Å²) in [6.45, 7) is 5.90. The molecule has 0 spiro atoms. The summed E-state index contributed by atoms with van der Waals surface area (Å²) in [5, 5.41) is 2.53. The number of methoxy groups -OCH3 is 1. The highest BCUT2D eigenvalue weighted by atomic mass is 32.2. The van der Waals surface area contributed by atoms with Crippen molar-refractivity contribution < 1.29 is 23.9 Å². The van der Waals surface area contributed by atoms with Crippen LogP contribution in [0.15, 0.2) is 41.3 Å². The van der Waals surface area contributed by atoms with E-state index in [0.29, 0.717) is 34.2 Å². The monoisotopic (exact) mass is 440 g/mol. The van der Waals surface area contributed by atoms with Crippen molar-refractivity contribution in [3.8, 4) is 11.5 Å². The molecule has 1 heterocycles. The predicted octanol–water partition coefficient (Wildman–Crippen LogP) is 4.39. The molecule has 0 bridgehead atoms. The normalized spacial score (nSPS) is 14.8. The second kappa shape index (κ2) is 9.70. The summed E-state index contributed by atoms with van der Waals surface area (Å²) in [6, 6.07) is 10.8. The number of nitrogens with one attached hydrogen (secondary N) is 1. The maximum absolute atomic E-state index is 12.3. The number of hydrogen-bond donors (Lipinski definition) is 1. The second-order valence-electron chi connectivity index (χ2n) is 6.97. The van der Waals surface area contributed by atoms with Gasteiger partial charge >= 0.3 is 0 Å². The van der Waals surface area contributed by atoms with Crippen molar-refractivity contribution in [1.29, 1.82) is 0 Å². The SMILES string of the molecule is CCN1C(=O)S/C(=C/c2ccc(OCC(=O)Nc3ccc(C)c(C)c3)c(OC)c2)C1=O. The highest BCUT2D eigenvalue weighted by Crippen LogP contribution is 2.34. The standard InChI is InChI=1S/C23H24N2O5S/c1-5-25-22(27)20(31-23(25)28)12-16-7-9-18(19(11-16)29-4)30-13-21(26)24-17-8-6-14(2)15(3)10-17/h6-12H,5,13H2,1-4H3,(H,24,26)/b20-12+. The summed E-state index contributed by atoms with van der Waals surface area (Å²) in [6.07, 6.45) is 1.64. The van der Waals surface area contributed by atoms with Crippen molar-refractivity contribution in [2.75, 3.05) is 25.6 Å². The zero-order valence-electron chi connectivity index (χ0n) is 17.9. The molecule has 0 unspecified atom stereocenters. The average molecular weight is 441 g/mol. The summed E-state index contributed by atoms with van der Waals surface area (Å²) < 4.78 is 11.0. The number of hydrogen-bond acceptors (Lipinski definition) is 6. The Morgan fingerprint density at radius 2 is 1.87 bits per heavy atom. The molecule has 3 amide bonds. The number of aryl methyl sites for hydroxylation is 2. The minimum absolute atomic E-state index is 0.183. The molecule has 0 atom stereocenters. The maximum atomic E-state index is 12.3. The van der Waals surface area contributed by atoms with Gasteiger partial charge in [0.05, 0.1) is 12.0 Å². The molecule has 0 saturated carbocycles. The molecule has 0 aliphatic carbocycles. The number of anilines is 1. The van der Waals surface area contributed by atoms with Crippen molar-refractivity contribution in [3.63, 3.8) is 0 Å². The number of carbonyl (C=O) groups excluding carboxylic acids is 3. The van der Waals surface area contributed by atoms with E-state index in [0.717, 1.165) is 22.9 Å². The zero-order valence-corrected chi connectivity index (χ0v) is 18.7. The molecule has 1 fully saturated rings. The van der Waals surface area contributed by atoms with Crippen LogP contribution >= 0.6 is 11.8 Å². The van der Waals surface area contributed by atoms with Crippen molar-refractivity contribution in [3.05, 3.63) is 58.0 Å². The first kappa shape index (κ1) is 22.4. The molecule has 3 rings (SSSR count). The van der Waals surface area contributed by atoms with Gasteiger partial charge in [0, 0.05) is 12.2 Å². The van der Waals surface area contributed by atoms with Gasteiger partial charge in [-0.3, -0.25) is 19.3 Å². The van der Waals surface area contributed by atoms with E-state index in [2.05, 4.69) is 5.32 Å². The van der Waals surface area contributed by atoms with Gasteiger partial charge in [-0.2, -0.15) is 0 Å². The van der Waals surface area contributed by atoms with Crippen molar-refractivity contribution in [2.24, 2.45) is 0 Å². The van der Waals surface area contributed by atoms with Gasteiger partial charge in [-0.1, -0.05) is 12.1 Å². The van der Waals surface area contributed by atoms with Crippen LogP contribution in [-0.2, 0) is 9.59 Å². The number of benzene rings is 2. The molecular weight excluding hydrogens is 416 g/mol. The van der Waals surface area contributed by atoms with Gasteiger partial charge in [-0.25, -0.2) is 0 Å². The van der Waals surface area contributed by atoms with Gasteiger partial charge in [0.2, 0.25) is 0 Å². The Hall–Kier alpha value is -3.26. The number of thioether (sulfide) groups is 1. The van der Waals surface area contributed by atoms with E-state index in [1.807, 2.05) is 32.0 Å². The van der Waals surface area contributed by atoms with Crippen molar-refractivity contribution in [2.45, 2.75) is 20.8 Å². The molecule has 31 heavy (non-hydrogen) atoms. The van der Waals surface area contributed by atoms with Gasteiger partial charge in [0.15, 0.2) is 18.1 Å². The van der Waals surface area contributed by atoms with Crippen LogP contribution in [0.2, 0.25) is 0 Å². The summed E-state index contributed by atoms with van der Waals surface area (Å²) in [4.78, 5) is 37.9. The summed E-state index contributed by atoms with van der Waals surface area (Å²) in [5.41, 5.74) is 3.64. The molecule has 7 nitrogen and oxygen atoms in total. The third-order valence-corrected chi connectivity index (χ3v) is 5.73. The molecule has 1 saturated heterocycles. The minimum Gasteiger partial charge on any atom is -0.493 e. The molecule has 162 valence electrons. The molecule has 1 aliphatic rings. The fraction of sp³-hybridized carbons (Fsp3) is 0.261. The number of amides is 3. The third kappa shape index (κ3) is 5.27. The van der Waals surface area contributed by atoms with Crippen LogP contribution in [-0.4, -0.2) is 42.2 Å². The lowest BCUT2D eigenvalue weighted by atomic mass is 10.1. The highest BCUT2D eigenvalue weighted by Gasteiger charge is 2.33. The molecule has 0 radical (unpaired) electrons. The van der Waals surface area contributed by atoms with Gasteiger partial charge in [-0.15, -0.1) is 0 Å². The van der Waals surface area contributed by atoms with Crippen LogP contribution in [0.1, 0.15) is 23.6 Å². The lowest BCUT2D eigenvalue weighted by Crippen LogP contribution is -2.27. The lowest BCUT2D eigenvalue weighted by Gasteiger charge is -2.12. The largest absolute Gasteiger partial charge is 0.493 e. The number of nitrogens with zero attached hydrogens (tertiary/aromatic N) is 1. The van der Waals surface area contributed by atoms with E-state index >= 15 is 0 Å². The van der Waals surface area contributed by atoms with E-state index in [9.17, 15) is 14.4 Å². The topological polar surface area (TPSA) is 84.9 Å². The highest BCUT2D eigenvalue weighted by molar-refractivity contribution is 8.18. The molecular formula is C23H24N2O5S. The van der Waals surface area contributed by atoms with Gasteiger partial charge in [0.1, 0.15) is 0 Å². The maximum Gasteiger partial charge on any atom is 0.293 e. The van der Waals surface area contributed by atoms with E-state index in [-0.39, 0.29) is 23.7 Å². The van der Waals surface area contributed by atoms with Gasteiger partial charge in [-0.05, 0) is 79.6 Å². The number of carbonyl (C=O) groups is 3. The number of ether oxygens (including phenoxy) is 2. The molecule has 8 heteroatoms. The first-order valence-electron chi connectivity index (χ1n) is 9.75. The van der Waals surface area contributed by atoms with Gasteiger partial charge in [0.25, 0.3) is 17.1 Å². The van der Waals surface area contributed by atoms with Crippen molar-refractivity contribution >= 4 is 40.6 Å². The fourth-order valence-corrected chi connectivity index (χ4v) is 3.88. The Bertz CT molecular complexity index is 1060. The Balaban J connectivity index is 1.67. The van der Waals surface area contributed by atoms with Crippen LogP contribution in [0.25, 0.3) is 6.08 Å². The number of imide groups is 1. The quantitative estimate of drug-likeness (QED) is 0.643. The number of likely N-dealkylation sites (N-methyl/N-ethyl adjacent to an activating group) is 1. The smallest absolute Gasteiger partial charge is 0.293 e. The second-order valence-corrected chi connectivity index (χ2v) is 7.97. The molecule has 0 aromatic heterocycles. The van der Waals surface area contributed by atoms with Crippen LogP contribution in [0.3, 0.4) is 0 Å². The molecule has 2 aromatic carbocycles. The minimum atomic E-state index is -0.306. The first-order valence-corrected chi connectivity index (χ1v) is 10.6. The van der Waals surface area contributed by atoms with Crippen LogP contribution in [0.5, 0.6) is 11.5 Å². The van der Waals surface area contributed by atoms with E-state index in [1.54, 1.807) is 31.2 Å². The predicted molar refractivity (Wildman–Crippen MR) is 121 cm³/mol. The Morgan fingerprint density at radius 3 is 2.52 bits per heavy atom. The molecule has 2 aromatic rings. The molecule has 1 N–H and O–H groups in total. The lowest BCUT2D eigenvalue weighted by molar-refractivity contribution is -0.122. The average Bonchev–Trinajstić information content (AvgIpc) is 3.01. The third-order valence-electron chi connectivity index (χ3n) is 4.82. The Labute approximate surface area is 185 Å². The summed E-state index contributed by atoms with van der Waals surface area (Å²) >= 11 is 0.909. The summed E-state index contributed by atoms with van der Waals surface area (Å²) in [7, 11) is 1.49. The van der Waals surface area contributed by atoms with Crippen LogP contribution < -0.4 is 14.8 Å². The van der Waals surface area contributed by atoms with E-state index < -0.39 is 0 Å². The Morgan fingerprint density at radius 1 is 1.10 bits per heavy atom. The van der Waals surface area contributed by atoms with Gasteiger partial charge < -0.3 is 14.8 Å².